The van der Waals surface area contributed by atoms with E-state index in [-0.39, 0.29) is 35.5 Å². The molecule has 4 aromatic rings. The van der Waals surface area contributed by atoms with Crippen LogP contribution in [0.5, 0.6) is 5.75 Å². The van der Waals surface area contributed by atoms with Crippen LogP contribution >= 0.6 is 23.2 Å². The molecule has 4 rings (SSSR count). The summed E-state index contributed by atoms with van der Waals surface area (Å²) in [7, 11) is -2.78. The van der Waals surface area contributed by atoms with Crippen molar-refractivity contribution in [2.45, 2.75) is 50.2 Å². The maximum absolute atomic E-state index is 14.5. The second kappa shape index (κ2) is 16.0. The zero-order valence-corrected chi connectivity index (χ0v) is 28.2. The lowest BCUT2D eigenvalue weighted by molar-refractivity contribution is -0.140. The van der Waals surface area contributed by atoms with Gasteiger partial charge in [0.05, 0.1) is 17.7 Å². The van der Waals surface area contributed by atoms with E-state index < -0.39 is 28.5 Å². The topological polar surface area (TPSA) is 96.0 Å². The van der Waals surface area contributed by atoms with Gasteiger partial charge in [-0.3, -0.25) is 13.9 Å². The Labute approximate surface area is 280 Å². The smallest absolute Gasteiger partial charge is 0.264 e. The average Bonchev–Trinajstić information content (AvgIpc) is 3.06. The van der Waals surface area contributed by atoms with E-state index in [0.29, 0.717) is 27.8 Å². The summed E-state index contributed by atoms with van der Waals surface area (Å²) in [6.07, 6.45) is 0.901. The third kappa shape index (κ3) is 9.02. The van der Waals surface area contributed by atoms with Crippen molar-refractivity contribution in [1.82, 2.24) is 10.2 Å². The molecule has 0 aromatic heterocycles. The quantitative estimate of drug-likeness (QED) is 0.159. The van der Waals surface area contributed by atoms with Gasteiger partial charge in [0.15, 0.2) is 0 Å². The van der Waals surface area contributed by atoms with Crippen molar-refractivity contribution in [3.63, 3.8) is 0 Å². The van der Waals surface area contributed by atoms with Crippen LogP contribution in [0.1, 0.15) is 31.4 Å². The number of hydrogen-bond donors (Lipinski definition) is 1. The van der Waals surface area contributed by atoms with E-state index in [1.54, 1.807) is 30.3 Å². The van der Waals surface area contributed by atoms with Gasteiger partial charge in [0.1, 0.15) is 18.3 Å². The molecule has 0 aliphatic rings. The van der Waals surface area contributed by atoms with Crippen LogP contribution in [-0.4, -0.2) is 50.9 Å². The number of methoxy groups -OCH3 is 1. The van der Waals surface area contributed by atoms with E-state index in [0.717, 1.165) is 9.87 Å². The molecule has 46 heavy (non-hydrogen) atoms. The lowest BCUT2D eigenvalue weighted by Gasteiger charge is -2.34. The van der Waals surface area contributed by atoms with Crippen molar-refractivity contribution >= 4 is 50.7 Å². The normalized spacial score (nSPS) is 12.5. The second-order valence-corrected chi connectivity index (χ2v) is 13.6. The molecule has 0 aliphatic heterocycles. The maximum atomic E-state index is 14.5. The minimum atomic E-state index is -4.26. The highest BCUT2D eigenvalue weighted by atomic mass is 35.5. The Morgan fingerprint density at radius 1 is 0.848 bits per heavy atom. The van der Waals surface area contributed by atoms with Gasteiger partial charge in [-0.1, -0.05) is 72.6 Å². The molecule has 0 spiro atoms. The lowest BCUT2D eigenvalue weighted by Crippen LogP contribution is -2.54. The number of anilines is 1. The van der Waals surface area contributed by atoms with Crippen molar-refractivity contribution in [1.29, 1.82) is 0 Å². The Morgan fingerprint density at radius 2 is 1.50 bits per heavy atom. The summed E-state index contributed by atoms with van der Waals surface area (Å²) >= 11 is 12.4. The molecule has 0 unspecified atom stereocenters. The number of nitrogens with one attached hydrogen (secondary N) is 1. The highest BCUT2D eigenvalue weighted by Crippen LogP contribution is 2.27. The third-order valence-electron chi connectivity index (χ3n) is 7.55. The fourth-order valence-corrected chi connectivity index (χ4v) is 6.59. The van der Waals surface area contributed by atoms with E-state index in [9.17, 15) is 18.0 Å². The largest absolute Gasteiger partial charge is 0.497 e. The fraction of sp³-hybridized carbons (Fsp3) is 0.257. The molecule has 4 aromatic carbocycles. The molecule has 0 fully saturated rings. The molecule has 0 bridgehead atoms. The van der Waals surface area contributed by atoms with Crippen molar-refractivity contribution in [2.75, 3.05) is 18.0 Å². The molecule has 0 saturated carbocycles. The summed E-state index contributed by atoms with van der Waals surface area (Å²) in [5.41, 5.74) is 1.77. The van der Waals surface area contributed by atoms with Gasteiger partial charge in [-0.2, -0.15) is 0 Å². The van der Waals surface area contributed by atoms with E-state index in [2.05, 4.69) is 5.32 Å². The molecular formula is C35H37Cl2N3O5S. The molecule has 1 N–H and O–H groups in total. The van der Waals surface area contributed by atoms with E-state index >= 15 is 0 Å². The molecule has 2 amide bonds. The van der Waals surface area contributed by atoms with Crippen molar-refractivity contribution in [2.24, 2.45) is 0 Å². The Hall–Kier alpha value is -4.05. The van der Waals surface area contributed by atoms with Gasteiger partial charge >= 0.3 is 0 Å². The molecule has 0 heterocycles. The second-order valence-electron chi connectivity index (χ2n) is 10.8. The van der Waals surface area contributed by atoms with E-state index in [4.69, 9.17) is 27.9 Å². The van der Waals surface area contributed by atoms with Crippen LogP contribution in [0.3, 0.4) is 0 Å². The molecule has 0 saturated heterocycles. The SMILES string of the molecule is CC[C@@H](C)NC(=O)[C@@H](Cc1ccccc1)N(Cc1cccc(Cl)c1)C(=O)CN(c1ccc(Cl)cc1)S(=O)(=O)c1ccc(OC)cc1. The van der Waals surface area contributed by atoms with E-state index in [1.165, 1.54) is 48.4 Å². The zero-order valence-electron chi connectivity index (χ0n) is 25.9. The van der Waals surface area contributed by atoms with Gasteiger partial charge in [-0.25, -0.2) is 8.42 Å². The Morgan fingerprint density at radius 3 is 2.11 bits per heavy atom. The molecule has 2 atom stereocenters. The highest BCUT2D eigenvalue weighted by Gasteiger charge is 2.35. The van der Waals surface area contributed by atoms with Gasteiger partial charge in [-0.15, -0.1) is 0 Å². The number of amides is 2. The summed E-state index contributed by atoms with van der Waals surface area (Å²) in [4.78, 5) is 29.8. The summed E-state index contributed by atoms with van der Waals surface area (Å²) in [6.45, 7) is 3.28. The number of halogens is 2. The molecule has 11 heteroatoms. The summed E-state index contributed by atoms with van der Waals surface area (Å²) in [6, 6.07) is 27.4. The first-order chi connectivity index (χ1) is 22.0. The number of ether oxygens (including phenoxy) is 1. The number of rotatable bonds is 14. The standard InChI is InChI=1S/C35H37Cl2N3O5S/c1-4-25(2)38-35(42)33(22-26-9-6-5-7-10-26)39(23-27-11-8-12-29(37)21-27)34(41)24-40(30-15-13-28(36)14-16-30)46(43,44)32-19-17-31(45-3)18-20-32/h5-21,25,33H,4,22-24H2,1-3H3,(H,38,42)/t25-,33-/m1/s1. The summed E-state index contributed by atoms with van der Waals surface area (Å²) < 4.78 is 34.5. The fourth-order valence-electron chi connectivity index (χ4n) is 4.84. The van der Waals surface area contributed by atoms with Crippen LogP contribution in [0.4, 0.5) is 5.69 Å². The number of carbonyl (C=O) groups excluding carboxylic acids is 2. The minimum Gasteiger partial charge on any atom is -0.497 e. The molecule has 8 nitrogen and oxygen atoms in total. The van der Waals surface area contributed by atoms with Crippen LogP contribution in [0.2, 0.25) is 10.0 Å². The zero-order chi connectivity index (χ0) is 33.3. The number of nitrogens with zero attached hydrogens (tertiary/aromatic N) is 2. The summed E-state index contributed by atoms with van der Waals surface area (Å²) in [5, 5.41) is 3.90. The molecule has 242 valence electrons. The Balaban J connectivity index is 1.80. The van der Waals surface area contributed by atoms with Gasteiger partial charge in [0, 0.05) is 29.1 Å². The minimum absolute atomic E-state index is 0.0157. The van der Waals surface area contributed by atoms with Crippen molar-refractivity contribution in [3.05, 3.63) is 124 Å². The van der Waals surface area contributed by atoms with Crippen LogP contribution in [-0.2, 0) is 32.6 Å². The van der Waals surface area contributed by atoms with Crippen LogP contribution in [0.15, 0.2) is 108 Å². The van der Waals surface area contributed by atoms with Crippen LogP contribution in [0, 0.1) is 0 Å². The lowest BCUT2D eigenvalue weighted by atomic mass is 10.0. The first kappa shape index (κ1) is 34.8. The summed E-state index contributed by atoms with van der Waals surface area (Å²) in [5.74, 6) is -0.436. The van der Waals surface area contributed by atoms with Crippen molar-refractivity contribution in [3.8, 4) is 5.75 Å². The van der Waals surface area contributed by atoms with Gasteiger partial charge in [-0.05, 0) is 85.1 Å². The average molecular weight is 683 g/mol. The third-order valence-corrected chi connectivity index (χ3v) is 9.83. The predicted octanol–water partition coefficient (Wildman–Crippen LogP) is 6.75. The molecule has 0 radical (unpaired) electrons. The Bertz CT molecular complexity index is 1720. The van der Waals surface area contributed by atoms with Gasteiger partial charge < -0.3 is 15.0 Å². The molecule has 0 aliphatic carbocycles. The maximum Gasteiger partial charge on any atom is 0.264 e. The first-order valence-corrected chi connectivity index (χ1v) is 17.0. The van der Waals surface area contributed by atoms with Gasteiger partial charge in [0.2, 0.25) is 11.8 Å². The monoisotopic (exact) mass is 681 g/mol. The van der Waals surface area contributed by atoms with Crippen LogP contribution in [0.25, 0.3) is 0 Å². The van der Waals surface area contributed by atoms with Crippen molar-refractivity contribution < 1.29 is 22.7 Å². The van der Waals surface area contributed by atoms with Gasteiger partial charge in [0.25, 0.3) is 10.0 Å². The van der Waals surface area contributed by atoms with Crippen LogP contribution < -0.4 is 14.4 Å². The predicted molar refractivity (Wildman–Crippen MR) is 183 cm³/mol. The number of hydrogen-bond acceptors (Lipinski definition) is 5. The van der Waals surface area contributed by atoms with E-state index in [1.807, 2.05) is 50.2 Å². The highest BCUT2D eigenvalue weighted by molar-refractivity contribution is 7.92. The number of sulfonamides is 1. The number of benzene rings is 4. The Kier molecular flexibility index (Phi) is 12.1. The molecular weight excluding hydrogens is 645 g/mol. The first-order valence-electron chi connectivity index (χ1n) is 14.8. The number of carbonyl (C=O) groups is 2.